The highest BCUT2D eigenvalue weighted by atomic mass is 32.2. The molecule has 0 bridgehead atoms. The molecule has 0 aromatic rings. The van der Waals surface area contributed by atoms with Gasteiger partial charge in [0.25, 0.3) is 0 Å². The first-order chi connectivity index (χ1) is 4.77. The molecule has 0 aliphatic heterocycles. The monoisotopic (exact) mass is 161 g/mol. The highest BCUT2D eigenvalue weighted by Crippen LogP contribution is 1.96. The van der Waals surface area contributed by atoms with Gasteiger partial charge in [0.05, 0.1) is 0 Å². The Hall–Kier alpha value is -0.480. The lowest BCUT2D eigenvalue weighted by Crippen LogP contribution is -2.01. The average molecular weight is 161 g/mol. The van der Waals surface area contributed by atoms with Crippen LogP contribution in [-0.4, -0.2) is 29.1 Å². The summed E-state index contributed by atoms with van der Waals surface area (Å²) in [7, 11) is 0. The summed E-state index contributed by atoms with van der Waals surface area (Å²) in [4.78, 5) is 9.91. The van der Waals surface area contributed by atoms with Crippen molar-refractivity contribution in [2.45, 2.75) is 0 Å². The summed E-state index contributed by atoms with van der Waals surface area (Å²) in [5.41, 5.74) is 5.21. The molecule has 0 saturated heterocycles. The minimum atomic E-state index is -0.895. The van der Waals surface area contributed by atoms with Crippen molar-refractivity contribution < 1.29 is 9.90 Å². The van der Waals surface area contributed by atoms with E-state index in [-0.39, 0.29) is 0 Å². The maximum atomic E-state index is 9.91. The number of hydrogen-bond donors (Lipinski definition) is 2. The Morgan fingerprint density at radius 3 is 2.90 bits per heavy atom. The second kappa shape index (κ2) is 6.64. The van der Waals surface area contributed by atoms with E-state index in [1.54, 1.807) is 17.8 Å². The van der Waals surface area contributed by atoms with Crippen LogP contribution in [0.5, 0.6) is 0 Å². The van der Waals surface area contributed by atoms with E-state index in [0.29, 0.717) is 6.54 Å². The normalized spacial score (nSPS) is 10.5. The van der Waals surface area contributed by atoms with Gasteiger partial charge in [0, 0.05) is 24.1 Å². The molecule has 10 heavy (non-hydrogen) atoms. The summed E-state index contributed by atoms with van der Waals surface area (Å²) >= 11 is 1.62. The number of carboxylic acid groups (broad SMARTS) is 1. The minimum Gasteiger partial charge on any atom is -0.478 e. The van der Waals surface area contributed by atoms with Crippen LogP contribution < -0.4 is 5.73 Å². The van der Waals surface area contributed by atoms with Crippen molar-refractivity contribution in [3.05, 3.63) is 12.2 Å². The van der Waals surface area contributed by atoms with Crippen molar-refractivity contribution in [1.82, 2.24) is 0 Å². The number of carboxylic acids is 1. The van der Waals surface area contributed by atoms with Gasteiger partial charge in [-0.05, 0) is 0 Å². The lowest BCUT2D eigenvalue weighted by Gasteiger charge is -1.90. The smallest absolute Gasteiger partial charge is 0.328 e. The quantitative estimate of drug-likeness (QED) is 0.450. The molecule has 0 aromatic heterocycles. The number of carbonyl (C=O) groups is 1. The third kappa shape index (κ3) is 7.52. The average Bonchev–Trinajstić information content (AvgIpc) is 1.87. The number of rotatable bonds is 5. The fourth-order valence-electron chi connectivity index (χ4n) is 0.384. The highest BCUT2D eigenvalue weighted by molar-refractivity contribution is 7.99. The van der Waals surface area contributed by atoms with Gasteiger partial charge in [-0.25, -0.2) is 4.79 Å². The highest BCUT2D eigenvalue weighted by Gasteiger charge is 1.84. The van der Waals surface area contributed by atoms with E-state index >= 15 is 0 Å². The van der Waals surface area contributed by atoms with Crippen molar-refractivity contribution in [2.24, 2.45) is 5.73 Å². The van der Waals surface area contributed by atoms with E-state index in [1.165, 1.54) is 0 Å². The summed E-state index contributed by atoms with van der Waals surface area (Å²) in [5.74, 6) is 0.710. The van der Waals surface area contributed by atoms with Gasteiger partial charge in [-0.15, -0.1) is 0 Å². The van der Waals surface area contributed by atoms with Crippen LogP contribution in [0.15, 0.2) is 12.2 Å². The van der Waals surface area contributed by atoms with Gasteiger partial charge in [0.2, 0.25) is 0 Å². The Morgan fingerprint density at radius 2 is 2.40 bits per heavy atom. The first-order valence-electron chi connectivity index (χ1n) is 2.94. The van der Waals surface area contributed by atoms with Crippen molar-refractivity contribution >= 4 is 17.7 Å². The molecule has 0 amide bonds. The Balaban J connectivity index is 3.10. The maximum Gasteiger partial charge on any atom is 0.328 e. The maximum absolute atomic E-state index is 9.91. The molecule has 0 saturated carbocycles. The molecule has 3 N–H and O–H groups in total. The zero-order chi connectivity index (χ0) is 7.82. The van der Waals surface area contributed by atoms with Crippen molar-refractivity contribution in [1.29, 1.82) is 0 Å². The van der Waals surface area contributed by atoms with Gasteiger partial charge in [0.1, 0.15) is 0 Å². The molecule has 0 unspecified atom stereocenters. The minimum absolute atomic E-state index is 0.644. The Labute approximate surface area is 64.3 Å². The van der Waals surface area contributed by atoms with E-state index < -0.39 is 5.97 Å². The van der Waals surface area contributed by atoms with Crippen LogP contribution in [0.3, 0.4) is 0 Å². The third-order valence-corrected chi connectivity index (χ3v) is 1.69. The molecular weight excluding hydrogens is 150 g/mol. The summed E-state index contributed by atoms with van der Waals surface area (Å²) < 4.78 is 0. The molecule has 58 valence electrons. The predicted molar refractivity (Wildman–Crippen MR) is 43.2 cm³/mol. The van der Waals surface area contributed by atoms with E-state index in [1.807, 2.05) is 0 Å². The van der Waals surface area contributed by atoms with Gasteiger partial charge >= 0.3 is 5.97 Å². The van der Waals surface area contributed by atoms with Crippen LogP contribution >= 0.6 is 11.8 Å². The van der Waals surface area contributed by atoms with Crippen LogP contribution in [0.25, 0.3) is 0 Å². The molecule has 0 heterocycles. The van der Waals surface area contributed by atoms with Gasteiger partial charge in [-0.1, -0.05) is 6.08 Å². The topological polar surface area (TPSA) is 63.3 Å². The molecule has 4 heteroatoms. The number of thioether (sulfide) groups is 1. The van der Waals surface area contributed by atoms with Crippen LogP contribution in [-0.2, 0) is 4.79 Å². The Morgan fingerprint density at radius 1 is 1.70 bits per heavy atom. The Kier molecular flexibility index (Phi) is 6.32. The molecule has 0 aliphatic carbocycles. The predicted octanol–water partition coefficient (Wildman–Crippen LogP) is 0.319. The Bertz CT molecular complexity index is 125. The largest absolute Gasteiger partial charge is 0.478 e. The second-order valence-corrected chi connectivity index (χ2v) is 2.75. The van der Waals surface area contributed by atoms with Gasteiger partial charge < -0.3 is 10.8 Å². The molecule has 0 radical (unpaired) electrons. The lowest BCUT2D eigenvalue weighted by atomic mass is 10.5. The standard InChI is InChI=1S/C6H11NO2S/c7-3-5-10-4-1-2-6(8)9/h1-2H,3-5,7H2,(H,8,9)/b2-1+. The molecule has 0 aromatic carbocycles. The number of hydrogen-bond acceptors (Lipinski definition) is 3. The van der Waals surface area contributed by atoms with E-state index in [2.05, 4.69) is 0 Å². The van der Waals surface area contributed by atoms with E-state index in [9.17, 15) is 4.79 Å². The summed E-state index contributed by atoms with van der Waals surface area (Å²) in [5, 5.41) is 8.15. The number of aliphatic carboxylic acids is 1. The van der Waals surface area contributed by atoms with Crippen molar-refractivity contribution in [3.63, 3.8) is 0 Å². The van der Waals surface area contributed by atoms with Crippen LogP contribution in [0.2, 0.25) is 0 Å². The van der Waals surface area contributed by atoms with E-state index in [4.69, 9.17) is 10.8 Å². The zero-order valence-corrected chi connectivity index (χ0v) is 6.43. The zero-order valence-electron chi connectivity index (χ0n) is 5.62. The molecule has 0 atom stereocenters. The fourth-order valence-corrected chi connectivity index (χ4v) is 0.949. The van der Waals surface area contributed by atoms with Gasteiger partial charge in [-0.3, -0.25) is 0 Å². The van der Waals surface area contributed by atoms with Gasteiger partial charge in [-0.2, -0.15) is 11.8 Å². The first kappa shape index (κ1) is 9.52. The molecule has 0 aliphatic rings. The van der Waals surface area contributed by atoms with Crippen LogP contribution in [0, 0.1) is 0 Å². The van der Waals surface area contributed by atoms with Crippen molar-refractivity contribution in [2.75, 3.05) is 18.1 Å². The molecule has 0 fully saturated rings. The fraction of sp³-hybridized carbons (Fsp3) is 0.500. The van der Waals surface area contributed by atoms with Crippen LogP contribution in [0.4, 0.5) is 0 Å². The number of nitrogens with two attached hydrogens (primary N) is 1. The SMILES string of the molecule is NCCSC/C=C/C(=O)O. The molecule has 0 rings (SSSR count). The van der Waals surface area contributed by atoms with Crippen molar-refractivity contribution in [3.8, 4) is 0 Å². The summed E-state index contributed by atoms with van der Waals surface area (Å²) in [6.45, 7) is 0.644. The van der Waals surface area contributed by atoms with Gasteiger partial charge in [0.15, 0.2) is 0 Å². The van der Waals surface area contributed by atoms with Crippen LogP contribution in [0.1, 0.15) is 0 Å². The lowest BCUT2D eigenvalue weighted by molar-refractivity contribution is -0.131. The summed E-state index contributed by atoms with van der Waals surface area (Å²) in [6.07, 6.45) is 2.76. The summed E-state index contributed by atoms with van der Waals surface area (Å²) in [6, 6.07) is 0. The molecule has 0 spiro atoms. The second-order valence-electron chi connectivity index (χ2n) is 1.60. The molecular formula is C6H11NO2S. The third-order valence-electron chi connectivity index (χ3n) is 0.737. The molecule has 3 nitrogen and oxygen atoms in total. The first-order valence-corrected chi connectivity index (χ1v) is 4.10. The van der Waals surface area contributed by atoms with E-state index in [0.717, 1.165) is 17.6 Å².